The lowest BCUT2D eigenvalue weighted by Gasteiger charge is -2.34. The van der Waals surface area contributed by atoms with Gasteiger partial charge >= 0.3 is 5.69 Å². The number of piperidine rings is 1. The molecule has 5 rings (SSSR count). The van der Waals surface area contributed by atoms with Crippen molar-refractivity contribution in [2.45, 2.75) is 58.5 Å². The van der Waals surface area contributed by atoms with Gasteiger partial charge < -0.3 is 9.80 Å². The molecule has 0 saturated carbocycles. The lowest BCUT2D eigenvalue weighted by Crippen LogP contribution is -2.42. The molecular weight excluding hydrogens is 392 g/mol. The number of hydrogen-bond donors (Lipinski definition) is 0. The molecular formula is C23H28N6O2. The maximum Gasteiger partial charge on any atom is 0.350 e. The Kier molecular flexibility index (Phi) is 5.00. The molecule has 0 aromatic carbocycles. The first kappa shape index (κ1) is 19.8. The molecule has 1 amide bonds. The minimum atomic E-state index is -0.128. The smallest absolute Gasteiger partial charge is 0.336 e. The first-order chi connectivity index (χ1) is 15.1. The van der Waals surface area contributed by atoms with Crippen molar-refractivity contribution < 1.29 is 4.79 Å². The SMILES string of the molecule is CCn1nc2cc(N3CCCc4cc(C(=O)N5CCCC[C@@H]5C)cnc43)ccn2c1=O. The van der Waals surface area contributed by atoms with E-state index >= 15 is 0 Å². The number of carbonyl (C=O) groups excluding carboxylic acids is 1. The Morgan fingerprint density at radius 3 is 2.87 bits per heavy atom. The van der Waals surface area contributed by atoms with Gasteiger partial charge in [-0.25, -0.2) is 14.5 Å². The number of pyridine rings is 2. The van der Waals surface area contributed by atoms with Crippen LogP contribution in [0.3, 0.4) is 0 Å². The van der Waals surface area contributed by atoms with Crippen LogP contribution in [-0.4, -0.2) is 49.1 Å². The van der Waals surface area contributed by atoms with Crippen LogP contribution in [0.2, 0.25) is 0 Å². The molecule has 1 atom stereocenters. The third-order valence-electron chi connectivity index (χ3n) is 6.52. The molecule has 0 N–H and O–H groups in total. The normalized spacial score (nSPS) is 19.0. The van der Waals surface area contributed by atoms with Crippen LogP contribution in [0, 0.1) is 0 Å². The van der Waals surface area contributed by atoms with Gasteiger partial charge in [0.05, 0.1) is 5.56 Å². The van der Waals surface area contributed by atoms with Crippen molar-refractivity contribution in [1.82, 2.24) is 24.1 Å². The van der Waals surface area contributed by atoms with Crippen LogP contribution in [0.25, 0.3) is 5.65 Å². The van der Waals surface area contributed by atoms with Gasteiger partial charge in [-0.05, 0) is 63.6 Å². The fraction of sp³-hybridized carbons (Fsp3) is 0.478. The number of hydrogen-bond acceptors (Lipinski definition) is 5. The second-order valence-electron chi connectivity index (χ2n) is 8.52. The minimum Gasteiger partial charge on any atom is -0.336 e. The zero-order valence-corrected chi connectivity index (χ0v) is 18.1. The third-order valence-corrected chi connectivity index (χ3v) is 6.52. The van der Waals surface area contributed by atoms with Crippen molar-refractivity contribution >= 4 is 23.1 Å². The summed E-state index contributed by atoms with van der Waals surface area (Å²) in [5.74, 6) is 0.974. The van der Waals surface area contributed by atoms with Gasteiger partial charge in [0.1, 0.15) is 5.82 Å². The number of amides is 1. The largest absolute Gasteiger partial charge is 0.350 e. The zero-order chi connectivity index (χ0) is 21.5. The van der Waals surface area contributed by atoms with Crippen molar-refractivity contribution in [2.24, 2.45) is 0 Å². The quantitative estimate of drug-likeness (QED) is 0.651. The van der Waals surface area contributed by atoms with E-state index in [9.17, 15) is 9.59 Å². The van der Waals surface area contributed by atoms with E-state index < -0.39 is 0 Å². The van der Waals surface area contributed by atoms with Crippen LogP contribution >= 0.6 is 0 Å². The number of likely N-dealkylation sites (tertiary alicyclic amines) is 1. The van der Waals surface area contributed by atoms with Gasteiger partial charge in [-0.2, -0.15) is 0 Å². The Morgan fingerprint density at radius 1 is 1.19 bits per heavy atom. The molecule has 2 aliphatic heterocycles. The Bertz CT molecular complexity index is 1200. The van der Waals surface area contributed by atoms with Gasteiger partial charge in [-0.15, -0.1) is 5.10 Å². The highest BCUT2D eigenvalue weighted by atomic mass is 16.2. The molecule has 0 bridgehead atoms. The molecule has 3 aromatic heterocycles. The fourth-order valence-electron chi connectivity index (χ4n) is 4.78. The van der Waals surface area contributed by atoms with E-state index in [-0.39, 0.29) is 17.6 Å². The number of carbonyl (C=O) groups is 1. The van der Waals surface area contributed by atoms with E-state index in [0.29, 0.717) is 17.8 Å². The summed E-state index contributed by atoms with van der Waals surface area (Å²) in [5, 5.41) is 4.41. The summed E-state index contributed by atoms with van der Waals surface area (Å²) < 4.78 is 3.02. The Labute approximate surface area is 181 Å². The summed E-state index contributed by atoms with van der Waals surface area (Å²) >= 11 is 0. The molecule has 3 aromatic rings. The Morgan fingerprint density at radius 2 is 2.06 bits per heavy atom. The van der Waals surface area contributed by atoms with Gasteiger partial charge in [-0.3, -0.25) is 9.20 Å². The highest BCUT2D eigenvalue weighted by Crippen LogP contribution is 2.33. The molecule has 1 saturated heterocycles. The molecule has 0 spiro atoms. The monoisotopic (exact) mass is 420 g/mol. The van der Waals surface area contributed by atoms with Gasteiger partial charge in [0.25, 0.3) is 5.91 Å². The van der Waals surface area contributed by atoms with Crippen LogP contribution < -0.4 is 10.6 Å². The van der Waals surface area contributed by atoms with E-state index in [4.69, 9.17) is 4.98 Å². The summed E-state index contributed by atoms with van der Waals surface area (Å²) in [7, 11) is 0. The molecule has 5 heterocycles. The summed E-state index contributed by atoms with van der Waals surface area (Å²) in [6, 6.07) is 6.17. The van der Waals surface area contributed by atoms with Crippen LogP contribution in [-0.2, 0) is 13.0 Å². The number of rotatable bonds is 3. The highest BCUT2D eigenvalue weighted by Gasteiger charge is 2.27. The van der Waals surface area contributed by atoms with Crippen molar-refractivity contribution in [3.63, 3.8) is 0 Å². The molecule has 0 radical (unpaired) electrons. The molecule has 0 unspecified atom stereocenters. The molecule has 2 aliphatic rings. The van der Waals surface area contributed by atoms with Crippen LogP contribution in [0.15, 0.2) is 35.4 Å². The molecule has 31 heavy (non-hydrogen) atoms. The standard InChI is InChI=1S/C23H28N6O2/c1-3-29-23(31)28-12-9-19(14-20(28)25-29)27-11-6-8-17-13-18(15-24-21(17)27)22(30)26-10-5-4-7-16(26)2/h9,12-16H,3-8,10-11H2,1-2H3/t16-/m0/s1. The summed E-state index contributed by atoms with van der Waals surface area (Å²) in [6.45, 7) is 6.24. The topological polar surface area (TPSA) is 75.7 Å². The van der Waals surface area contributed by atoms with Crippen molar-refractivity contribution in [3.8, 4) is 0 Å². The number of nitrogens with zero attached hydrogens (tertiary/aromatic N) is 6. The van der Waals surface area contributed by atoms with Gasteiger partial charge in [0.15, 0.2) is 5.65 Å². The molecule has 162 valence electrons. The van der Waals surface area contributed by atoms with Crippen LogP contribution in [0.4, 0.5) is 11.5 Å². The molecule has 8 heteroatoms. The first-order valence-corrected chi connectivity index (χ1v) is 11.2. The number of aromatic nitrogens is 4. The van der Waals surface area contributed by atoms with Crippen LogP contribution in [0.1, 0.15) is 55.5 Å². The third kappa shape index (κ3) is 3.40. The van der Waals surface area contributed by atoms with Crippen molar-refractivity contribution in [1.29, 1.82) is 0 Å². The van der Waals surface area contributed by atoms with E-state index in [0.717, 1.165) is 55.8 Å². The summed E-state index contributed by atoms with van der Waals surface area (Å²) in [6.07, 6.45) is 8.70. The maximum atomic E-state index is 13.1. The Hall–Kier alpha value is -3.16. The summed E-state index contributed by atoms with van der Waals surface area (Å²) in [5.41, 5.74) is 3.23. The average Bonchev–Trinajstić information content (AvgIpc) is 3.13. The zero-order valence-electron chi connectivity index (χ0n) is 18.1. The molecule has 8 nitrogen and oxygen atoms in total. The number of aryl methyl sites for hydroxylation is 2. The van der Waals surface area contributed by atoms with Gasteiger partial charge in [0, 0.05) is 49.8 Å². The Balaban J connectivity index is 1.47. The second kappa shape index (κ2) is 7.83. The molecule has 1 fully saturated rings. The van der Waals surface area contributed by atoms with Crippen molar-refractivity contribution in [3.05, 3.63) is 52.2 Å². The lowest BCUT2D eigenvalue weighted by molar-refractivity contribution is 0.0635. The van der Waals surface area contributed by atoms with Crippen molar-refractivity contribution in [2.75, 3.05) is 18.0 Å². The number of anilines is 2. The minimum absolute atomic E-state index is 0.0884. The highest BCUT2D eigenvalue weighted by molar-refractivity contribution is 5.95. The maximum absolute atomic E-state index is 13.1. The predicted octanol–water partition coefficient (Wildman–Crippen LogP) is 3.01. The van der Waals surface area contributed by atoms with E-state index in [1.807, 2.05) is 30.0 Å². The van der Waals surface area contributed by atoms with E-state index in [1.165, 1.54) is 11.1 Å². The summed E-state index contributed by atoms with van der Waals surface area (Å²) in [4.78, 5) is 34.3. The van der Waals surface area contributed by atoms with Gasteiger partial charge in [0.2, 0.25) is 0 Å². The van der Waals surface area contributed by atoms with E-state index in [2.05, 4.69) is 16.9 Å². The second-order valence-corrected chi connectivity index (χ2v) is 8.52. The van der Waals surface area contributed by atoms with Crippen LogP contribution in [0.5, 0.6) is 0 Å². The first-order valence-electron chi connectivity index (χ1n) is 11.2. The fourth-order valence-corrected chi connectivity index (χ4v) is 4.78. The average molecular weight is 421 g/mol. The van der Waals surface area contributed by atoms with E-state index in [1.54, 1.807) is 16.8 Å². The predicted molar refractivity (Wildman–Crippen MR) is 119 cm³/mol. The van der Waals surface area contributed by atoms with Gasteiger partial charge in [-0.1, -0.05) is 0 Å². The lowest BCUT2D eigenvalue weighted by atomic mass is 10.0. The molecule has 0 aliphatic carbocycles. The number of fused-ring (bicyclic) bond motifs is 2.